The SMILES string of the molecule is Cc1cc(C(=O)N2CCC(C(C)(C)C)C2)sc1Br. The summed E-state index contributed by atoms with van der Waals surface area (Å²) >= 11 is 5.03. The summed E-state index contributed by atoms with van der Waals surface area (Å²) in [5, 5.41) is 0. The Morgan fingerprint density at radius 1 is 1.50 bits per heavy atom. The van der Waals surface area contributed by atoms with Gasteiger partial charge in [0.25, 0.3) is 5.91 Å². The predicted molar refractivity (Wildman–Crippen MR) is 80.2 cm³/mol. The van der Waals surface area contributed by atoms with E-state index >= 15 is 0 Å². The van der Waals surface area contributed by atoms with Gasteiger partial charge in [-0.05, 0) is 52.2 Å². The van der Waals surface area contributed by atoms with Crippen LogP contribution in [0.5, 0.6) is 0 Å². The second-order valence-electron chi connectivity index (χ2n) is 6.17. The second-order valence-corrected chi connectivity index (χ2v) is 8.54. The third kappa shape index (κ3) is 2.80. The van der Waals surface area contributed by atoms with Crippen molar-refractivity contribution < 1.29 is 4.79 Å². The van der Waals surface area contributed by atoms with Crippen molar-refractivity contribution in [1.82, 2.24) is 4.90 Å². The zero-order chi connectivity index (χ0) is 13.5. The molecular weight excluding hydrogens is 310 g/mol. The lowest BCUT2D eigenvalue weighted by Gasteiger charge is -2.26. The molecule has 1 amide bonds. The summed E-state index contributed by atoms with van der Waals surface area (Å²) in [7, 11) is 0. The fourth-order valence-corrected chi connectivity index (χ4v) is 3.88. The third-order valence-electron chi connectivity index (χ3n) is 3.77. The summed E-state index contributed by atoms with van der Waals surface area (Å²) in [5.41, 5.74) is 1.44. The maximum Gasteiger partial charge on any atom is 0.263 e. The number of carbonyl (C=O) groups is 1. The summed E-state index contributed by atoms with van der Waals surface area (Å²) in [6, 6.07) is 1.99. The van der Waals surface area contributed by atoms with Crippen molar-refractivity contribution in [2.75, 3.05) is 13.1 Å². The molecule has 4 heteroatoms. The van der Waals surface area contributed by atoms with Crippen molar-refractivity contribution in [3.63, 3.8) is 0 Å². The van der Waals surface area contributed by atoms with Crippen LogP contribution in [-0.4, -0.2) is 23.9 Å². The molecule has 1 atom stereocenters. The molecule has 0 saturated carbocycles. The second kappa shape index (κ2) is 4.97. The molecule has 2 rings (SSSR count). The van der Waals surface area contributed by atoms with Crippen LogP contribution < -0.4 is 0 Å². The van der Waals surface area contributed by atoms with Gasteiger partial charge in [-0.2, -0.15) is 0 Å². The summed E-state index contributed by atoms with van der Waals surface area (Å²) in [6.07, 6.45) is 1.13. The van der Waals surface area contributed by atoms with E-state index in [1.165, 1.54) is 0 Å². The molecule has 0 aliphatic carbocycles. The molecule has 1 aliphatic heterocycles. The Morgan fingerprint density at radius 2 is 2.17 bits per heavy atom. The highest BCUT2D eigenvalue weighted by Crippen LogP contribution is 2.35. The van der Waals surface area contributed by atoms with Crippen molar-refractivity contribution in [2.24, 2.45) is 11.3 Å². The van der Waals surface area contributed by atoms with Gasteiger partial charge in [-0.25, -0.2) is 0 Å². The molecule has 0 radical (unpaired) electrons. The van der Waals surface area contributed by atoms with Crippen LogP contribution in [0.15, 0.2) is 9.85 Å². The van der Waals surface area contributed by atoms with Crippen molar-refractivity contribution in [1.29, 1.82) is 0 Å². The molecule has 1 unspecified atom stereocenters. The molecule has 1 aromatic heterocycles. The Morgan fingerprint density at radius 3 is 2.61 bits per heavy atom. The highest BCUT2D eigenvalue weighted by molar-refractivity contribution is 9.11. The summed E-state index contributed by atoms with van der Waals surface area (Å²) in [5.74, 6) is 0.812. The molecular formula is C14H20BrNOS. The van der Waals surface area contributed by atoms with E-state index in [0.717, 1.165) is 33.7 Å². The number of halogens is 1. The van der Waals surface area contributed by atoms with Crippen LogP contribution in [0.2, 0.25) is 0 Å². The Kier molecular flexibility index (Phi) is 3.88. The van der Waals surface area contributed by atoms with Crippen molar-refractivity contribution >= 4 is 33.2 Å². The number of likely N-dealkylation sites (tertiary alicyclic amines) is 1. The van der Waals surface area contributed by atoms with Gasteiger partial charge >= 0.3 is 0 Å². The monoisotopic (exact) mass is 329 g/mol. The molecule has 18 heavy (non-hydrogen) atoms. The number of hydrogen-bond donors (Lipinski definition) is 0. The van der Waals surface area contributed by atoms with Crippen LogP contribution in [0.4, 0.5) is 0 Å². The highest BCUT2D eigenvalue weighted by Gasteiger charge is 2.34. The lowest BCUT2D eigenvalue weighted by atomic mass is 9.80. The van der Waals surface area contributed by atoms with Crippen LogP contribution in [0, 0.1) is 18.3 Å². The average Bonchev–Trinajstić information content (AvgIpc) is 2.85. The van der Waals surface area contributed by atoms with Gasteiger partial charge in [0.05, 0.1) is 8.66 Å². The largest absolute Gasteiger partial charge is 0.338 e. The average molecular weight is 330 g/mol. The number of amides is 1. The molecule has 1 aromatic rings. The molecule has 2 nitrogen and oxygen atoms in total. The van der Waals surface area contributed by atoms with Gasteiger partial charge in [0.15, 0.2) is 0 Å². The summed E-state index contributed by atoms with van der Waals surface area (Å²) in [6.45, 7) is 10.6. The van der Waals surface area contributed by atoms with Gasteiger partial charge in [-0.3, -0.25) is 4.79 Å². The van der Waals surface area contributed by atoms with Crippen LogP contribution in [0.25, 0.3) is 0 Å². The molecule has 0 spiro atoms. The van der Waals surface area contributed by atoms with Gasteiger partial charge in [0.2, 0.25) is 0 Å². The van der Waals surface area contributed by atoms with Crippen molar-refractivity contribution in [3.8, 4) is 0 Å². The van der Waals surface area contributed by atoms with E-state index in [2.05, 4.69) is 36.7 Å². The summed E-state index contributed by atoms with van der Waals surface area (Å²) < 4.78 is 1.07. The van der Waals surface area contributed by atoms with Gasteiger partial charge in [0.1, 0.15) is 0 Å². The molecule has 0 bridgehead atoms. The van der Waals surface area contributed by atoms with E-state index in [-0.39, 0.29) is 5.91 Å². The fraction of sp³-hybridized carbons (Fsp3) is 0.643. The fourth-order valence-electron chi connectivity index (χ4n) is 2.37. The van der Waals surface area contributed by atoms with E-state index in [1.807, 2.05) is 17.9 Å². The highest BCUT2D eigenvalue weighted by atomic mass is 79.9. The van der Waals surface area contributed by atoms with Gasteiger partial charge in [0, 0.05) is 13.1 Å². The number of rotatable bonds is 1. The van der Waals surface area contributed by atoms with E-state index in [9.17, 15) is 4.79 Å². The first kappa shape index (κ1) is 14.1. The van der Waals surface area contributed by atoms with E-state index in [0.29, 0.717) is 11.3 Å². The molecule has 1 aliphatic rings. The molecule has 2 heterocycles. The van der Waals surface area contributed by atoms with E-state index in [1.54, 1.807) is 11.3 Å². The Labute approximate surface area is 122 Å². The quantitative estimate of drug-likeness (QED) is 0.751. The maximum absolute atomic E-state index is 12.4. The van der Waals surface area contributed by atoms with E-state index < -0.39 is 0 Å². The molecule has 0 aromatic carbocycles. The minimum atomic E-state index is 0.195. The lowest BCUT2D eigenvalue weighted by Crippen LogP contribution is -2.30. The topological polar surface area (TPSA) is 20.3 Å². The van der Waals surface area contributed by atoms with Crippen LogP contribution in [-0.2, 0) is 0 Å². The molecule has 1 saturated heterocycles. The third-order valence-corrected chi connectivity index (χ3v) is 5.89. The number of hydrogen-bond acceptors (Lipinski definition) is 2. The summed E-state index contributed by atoms with van der Waals surface area (Å²) in [4.78, 5) is 15.3. The van der Waals surface area contributed by atoms with Crippen LogP contribution in [0.1, 0.15) is 42.4 Å². The number of thiophene rings is 1. The normalized spacial score (nSPS) is 20.5. The Hall–Kier alpha value is -0.350. The first-order valence-electron chi connectivity index (χ1n) is 6.34. The van der Waals surface area contributed by atoms with Gasteiger partial charge in [-0.15, -0.1) is 11.3 Å². The molecule has 1 fully saturated rings. The first-order valence-corrected chi connectivity index (χ1v) is 7.95. The maximum atomic E-state index is 12.4. The first-order chi connectivity index (χ1) is 8.29. The molecule has 100 valence electrons. The molecule has 0 N–H and O–H groups in total. The lowest BCUT2D eigenvalue weighted by molar-refractivity contribution is 0.0781. The van der Waals surface area contributed by atoms with Crippen molar-refractivity contribution in [3.05, 3.63) is 20.3 Å². The Bertz CT molecular complexity index is 441. The van der Waals surface area contributed by atoms with Crippen LogP contribution >= 0.6 is 27.3 Å². The minimum Gasteiger partial charge on any atom is -0.338 e. The minimum absolute atomic E-state index is 0.195. The number of nitrogens with zero attached hydrogens (tertiary/aromatic N) is 1. The standard InChI is InChI=1S/C14H20BrNOS/c1-9-7-11(18-12(9)15)13(17)16-6-5-10(8-16)14(2,3)4/h7,10H,5-6,8H2,1-4H3. The number of aryl methyl sites for hydroxylation is 1. The predicted octanol–water partition coefficient (Wildman–Crippen LogP) is 4.33. The van der Waals surface area contributed by atoms with Gasteiger partial charge in [-0.1, -0.05) is 20.8 Å². The van der Waals surface area contributed by atoms with Crippen molar-refractivity contribution in [2.45, 2.75) is 34.1 Å². The zero-order valence-corrected chi connectivity index (χ0v) is 13.8. The van der Waals surface area contributed by atoms with E-state index in [4.69, 9.17) is 0 Å². The van der Waals surface area contributed by atoms with Gasteiger partial charge < -0.3 is 4.90 Å². The smallest absolute Gasteiger partial charge is 0.263 e. The Balaban J connectivity index is 2.08. The number of carbonyl (C=O) groups excluding carboxylic acids is 1. The zero-order valence-electron chi connectivity index (χ0n) is 11.4. The van der Waals surface area contributed by atoms with Crippen LogP contribution in [0.3, 0.4) is 0 Å².